The zero-order valence-corrected chi connectivity index (χ0v) is 13.7. The summed E-state index contributed by atoms with van der Waals surface area (Å²) in [6.07, 6.45) is 18.0. The predicted octanol–water partition coefficient (Wildman–Crippen LogP) is 4.84. The van der Waals surface area contributed by atoms with Gasteiger partial charge in [0.2, 0.25) is 0 Å². The number of hydrogen-bond donors (Lipinski definition) is 1. The van der Waals surface area contributed by atoms with Crippen molar-refractivity contribution >= 4 is 0 Å². The van der Waals surface area contributed by atoms with Crippen LogP contribution in [0.5, 0.6) is 0 Å². The number of aliphatic hydroxyl groups is 1. The Labute approximate surface area is 130 Å². The van der Waals surface area contributed by atoms with Crippen LogP contribution in [0.4, 0.5) is 0 Å². The molecule has 2 saturated carbocycles. The van der Waals surface area contributed by atoms with Crippen LogP contribution in [0.3, 0.4) is 0 Å². The summed E-state index contributed by atoms with van der Waals surface area (Å²) in [7, 11) is 0. The molecule has 21 heavy (non-hydrogen) atoms. The van der Waals surface area contributed by atoms with Gasteiger partial charge in [-0.1, -0.05) is 57.8 Å². The monoisotopic (exact) mass is 294 g/mol. The fourth-order valence-corrected chi connectivity index (χ4v) is 5.07. The molecular weight excluding hydrogens is 260 g/mol. The molecule has 0 radical (unpaired) electrons. The summed E-state index contributed by atoms with van der Waals surface area (Å²) in [4.78, 5) is 0. The Balaban J connectivity index is 1.52. The minimum atomic E-state index is -0.0733. The molecule has 2 nitrogen and oxygen atoms in total. The molecule has 3 aliphatic rings. The van der Waals surface area contributed by atoms with E-state index in [4.69, 9.17) is 4.74 Å². The van der Waals surface area contributed by atoms with Crippen molar-refractivity contribution in [2.45, 2.75) is 102 Å². The van der Waals surface area contributed by atoms with Gasteiger partial charge in [0, 0.05) is 6.61 Å². The SMILES string of the molecule is OC(CC1CCCCCC1)C1CCOC2(CCCCC2)C1. The van der Waals surface area contributed by atoms with Gasteiger partial charge in [0.25, 0.3) is 0 Å². The molecule has 2 unspecified atom stereocenters. The van der Waals surface area contributed by atoms with Crippen molar-refractivity contribution in [3.8, 4) is 0 Å². The lowest BCUT2D eigenvalue weighted by Crippen LogP contribution is -2.44. The van der Waals surface area contributed by atoms with Crippen LogP contribution < -0.4 is 0 Å². The zero-order chi connectivity index (χ0) is 14.5. The molecule has 1 heterocycles. The van der Waals surface area contributed by atoms with E-state index in [9.17, 15) is 5.11 Å². The smallest absolute Gasteiger partial charge is 0.0686 e. The maximum atomic E-state index is 10.8. The summed E-state index contributed by atoms with van der Waals surface area (Å²) in [6, 6.07) is 0. The molecule has 1 saturated heterocycles. The van der Waals surface area contributed by atoms with Gasteiger partial charge in [0.05, 0.1) is 11.7 Å². The van der Waals surface area contributed by atoms with Crippen molar-refractivity contribution in [2.24, 2.45) is 11.8 Å². The molecule has 3 fully saturated rings. The van der Waals surface area contributed by atoms with Gasteiger partial charge in [-0.2, -0.15) is 0 Å². The number of ether oxygens (including phenoxy) is 1. The number of rotatable bonds is 3. The van der Waals surface area contributed by atoms with Crippen molar-refractivity contribution in [1.29, 1.82) is 0 Å². The van der Waals surface area contributed by atoms with Crippen LogP contribution in [-0.2, 0) is 4.74 Å². The average Bonchev–Trinajstić information content (AvgIpc) is 2.77. The van der Waals surface area contributed by atoms with Crippen molar-refractivity contribution < 1.29 is 9.84 Å². The molecule has 2 aliphatic carbocycles. The second kappa shape index (κ2) is 7.46. The van der Waals surface area contributed by atoms with Crippen molar-refractivity contribution in [3.63, 3.8) is 0 Å². The third-order valence-electron chi connectivity index (χ3n) is 6.39. The highest BCUT2D eigenvalue weighted by Gasteiger charge is 2.40. The molecule has 1 spiro atoms. The van der Waals surface area contributed by atoms with Gasteiger partial charge in [0.1, 0.15) is 0 Å². The fraction of sp³-hybridized carbons (Fsp3) is 1.00. The molecule has 0 amide bonds. The van der Waals surface area contributed by atoms with Crippen LogP contribution in [0, 0.1) is 11.8 Å². The zero-order valence-electron chi connectivity index (χ0n) is 13.7. The third-order valence-corrected chi connectivity index (χ3v) is 6.39. The van der Waals surface area contributed by atoms with Gasteiger partial charge in [-0.05, 0) is 43.9 Å². The quantitative estimate of drug-likeness (QED) is 0.755. The van der Waals surface area contributed by atoms with Crippen molar-refractivity contribution in [1.82, 2.24) is 0 Å². The largest absolute Gasteiger partial charge is 0.393 e. The van der Waals surface area contributed by atoms with Crippen LogP contribution in [0.1, 0.15) is 89.9 Å². The molecule has 2 heteroatoms. The summed E-state index contributed by atoms with van der Waals surface area (Å²) in [5, 5.41) is 10.8. The van der Waals surface area contributed by atoms with E-state index >= 15 is 0 Å². The minimum Gasteiger partial charge on any atom is -0.393 e. The van der Waals surface area contributed by atoms with Crippen molar-refractivity contribution in [2.75, 3.05) is 6.61 Å². The summed E-state index contributed by atoms with van der Waals surface area (Å²) >= 11 is 0. The first kappa shape index (κ1) is 15.8. The predicted molar refractivity (Wildman–Crippen MR) is 86.3 cm³/mol. The normalized spacial score (nSPS) is 32.7. The first-order valence-electron chi connectivity index (χ1n) is 9.59. The third kappa shape index (κ3) is 4.22. The Morgan fingerprint density at radius 2 is 1.57 bits per heavy atom. The molecule has 0 aromatic heterocycles. The Kier molecular flexibility index (Phi) is 5.61. The van der Waals surface area contributed by atoms with Gasteiger partial charge in [-0.25, -0.2) is 0 Å². The van der Waals surface area contributed by atoms with E-state index in [0.29, 0.717) is 5.92 Å². The summed E-state index contributed by atoms with van der Waals surface area (Å²) in [5.41, 5.74) is 0.144. The van der Waals surface area contributed by atoms with E-state index in [1.54, 1.807) is 0 Å². The van der Waals surface area contributed by atoms with Gasteiger partial charge >= 0.3 is 0 Å². The topological polar surface area (TPSA) is 29.5 Å². The molecule has 0 aromatic carbocycles. The van der Waals surface area contributed by atoms with E-state index in [1.165, 1.54) is 70.6 Å². The van der Waals surface area contributed by atoms with Crippen LogP contribution >= 0.6 is 0 Å². The highest BCUT2D eigenvalue weighted by molar-refractivity contribution is 4.91. The molecule has 3 rings (SSSR count). The van der Waals surface area contributed by atoms with Gasteiger partial charge in [-0.15, -0.1) is 0 Å². The summed E-state index contributed by atoms with van der Waals surface area (Å²) in [6.45, 7) is 0.881. The van der Waals surface area contributed by atoms with Gasteiger partial charge in [-0.3, -0.25) is 0 Å². The molecule has 0 aromatic rings. The fourth-order valence-electron chi connectivity index (χ4n) is 5.07. The molecule has 0 bridgehead atoms. The number of aliphatic hydroxyl groups excluding tert-OH is 1. The van der Waals surface area contributed by atoms with E-state index in [-0.39, 0.29) is 11.7 Å². The maximum absolute atomic E-state index is 10.8. The van der Waals surface area contributed by atoms with Crippen LogP contribution in [-0.4, -0.2) is 23.4 Å². The van der Waals surface area contributed by atoms with Gasteiger partial charge in [0.15, 0.2) is 0 Å². The first-order chi connectivity index (χ1) is 10.3. The van der Waals surface area contributed by atoms with Crippen LogP contribution in [0.25, 0.3) is 0 Å². The lowest BCUT2D eigenvalue weighted by atomic mass is 9.73. The second-order valence-corrected chi connectivity index (χ2v) is 8.01. The highest BCUT2D eigenvalue weighted by Crippen LogP contribution is 2.42. The minimum absolute atomic E-state index is 0.0733. The standard InChI is InChI=1S/C19H34O2/c20-18(14-16-8-4-1-2-5-9-16)17-10-13-21-19(15-17)11-6-3-7-12-19/h16-18,20H,1-15H2. The van der Waals surface area contributed by atoms with E-state index < -0.39 is 0 Å². The van der Waals surface area contributed by atoms with E-state index in [1.807, 2.05) is 0 Å². The summed E-state index contributed by atoms with van der Waals surface area (Å²) in [5.74, 6) is 1.28. The Morgan fingerprint density at radius 3 is 2.29 bits per heavy atom. The Hall–Kier alpha value is -0.0800. The molecular formula is C19H34O2. The Morgan fingerprint density at radius 1 is 0.905 bits per heavy atom. The first-order valence-corrected chi connectivity index (χ1v) is 9.59. The Bertz CT molecular complexity index is 295. The van der Waals surface area contributed by atoms with Crippen LogP contribution in [0.15, 0.2) is 0 Å². The number of hydrogen-bond acceptors (Lipinski definition) is 2. The summed E-state index contributed by atoms with van der Waals surface area (Å²) < 4.78 is 6.19. The molecule has 122 valence electrons. The second-order valence-electron chi connectivity index (χ2n) is 8.01. The van der Waals surface area contributed by atoms with E-state index in [0.717, 1.165) is 31.8 Å². The molecule has 1 aliphatic heterocycles. The lowest BCUT2D eigenvalue weighted by Gasteiger charge is -2.45. The molecule has 1 N–H and O–H groups in total. The highest BCUT2D eigenvalue weighted by atomic mass is 16.5. The van der Waals surface area contributed by atoms with Crippen LogP contribution in [0.2, 0.25) is 0 Å². The molecule has 2 atom stereocenters. The lowest BCUT2D eigenvalue weighted by molar-refractivity contribution is -0.135. The van der Waals surface area contributed by atoms with Crippen molar-refractivity contribution in [3.05, 3.63) is 0 Å². The maximum Gasteiger partial charge on any atom is 0.0686 e. The van der Waals surface area contributed by atoms with Gasteiger partial charge < -0.3 is 9.84 Å². The van der Waals surface area contributed by atoms with E-state index in [2.05, 4.69) is 0 Å². The average molecular weight is 294 g/mol.